The second-order valence-electron chi connectivity index (χ2n) is 4.99. The fourth-order valence-electron chi connectivity index (χ4n) is 1.99. The van der Waals surface area contributed by atoms with Crippen LogP contribution in [0, 0.1) is 17.5 Å². The molecule has 0 saturated heterocycles. The molecule has 2 aromatic rings. The number of ether oxygens (including phenoxy) is 1. The predicted molar refractivity (Wildman–Crippen MR) is 79.4 cm³/mol. The van der Waals surface area contributed by atoms with Crippen molar-refractivity contribution in [3.8, 4) is 5.75 Å². The van der Waals surface area contributed by atoms with Gasteiger partial charge >= 0.3 is 0 Å². The molecule has 0 aliphatic carbocycles. The topological polar surface area (TPSA) is 38.3 Å². The van der Waals surface area contributed by atoms with Gasteiger partial charge in [0.05, 0.1) is 19.1 Å². The highest BCUT2D eigenvalue weighted by atomic mass is 19.2. The van der Waals surface area contributed by atoms with E-state index in [1.165, 1.54) is 18.2 Å². The molecule has 0 fully saturated rings. The molecule has 0 aliphatic heterocycles. The Morgan fingerprint density at radius 2 is 1.83 bits per heavy atom. The normalized spacial score (nSPS) is 11.8. The van der Waals surface area contributed by atoms with Gasteiger partial charge in [-0.25, -0.2) is 13.2 Å². The first-order valence-corrected chi connectivity index (χ1v) is 7.09. The van der Waals surface area contributed by atoms with Crippen molar-refractivity contribution in [3.63, 3.8) is 0 Å². The molecule has 0 spiro atoms. The van der Waals surface area contributed by atoms with Crippen LogP contribution in [-0.2, 0) is 4.79 Å². The van der Waals surface area contributed by atoms with Gasteiger partial charge in [-0.2, -0.15) is 0 Å². The van der Waals surface area contributed by atoms with Crippen LogP contribution in [0.4, 0.5) is 13.2 Å². The van der Waals surface area contributed by atoms with Crippen molar-refractivity contribution < 1.29 is 22.7 Å². The summed E-state index contributed by atoms with van der Waals surface area (Å²) in [6.45, 7) is 1.67. The van der Waals surface area contributed by atoms with Crippen LogP contribution in [0.3, 0.4) is 0 Å². The zero-order valence-electron chi connectivity index (χ0n) is 12.5. The van der Waals surface area contributed by atoms with Crippen LogP contribution in [0.2, 0.25) is 0 Å². The Balaban J connectivity index is 1.82. The summed E-state index contributed by atoms with van der Waals surface area (Å²) in [6, 6.07) is 8.87. The lowest BCUT2D eigenvalue weighted by Crippen LogP contribution is -2.28. The smallest absolute Gasteiger partial charge is 0.223 e. The fourth-order valence-corrected chi connectivity index (χ4v) is 1.99. The van der Waals surface area contributed by atoms with Gasteiger partial charge in [-0.15, -0.1) is 0 Å². The average molecular weight is 323 g/mol. The lowest BCUT2D eigenvalue weighted by atomic mass is 10.1. The lowest BCUT2D eigenvalue weighted by Gasteiger charge is -2.15. The zero-order valence-corrected chi connectivity index (χ0v) is 12.5. The highest BCUT2D eigenvalue weighted by Gasteiger charge is 2.12. The number of hydrogen-bond donors (Lipinski definition) is 1. The van der Waals surface area contributed by atoms with Gasteiger partial charge in [0.1, 0.15) is 0 Å². The maximum atomic E-state index is 13.3. The Hall–Kier alpha value is -2.50. The van der Waals surface area contributed by atoms with Gasteiger partial charge in [0.25, 0.3) is 0 Å². The number of benzene rings is 2. The average Bonchev–Trinajstić information content (AvgIpc) is 2.51. The zero-order chi connectivity index (χ0) is 16.8. The third-order valence-corrected chi connectivity index (χ3v) is 3.24. The van der Waals surface area contributed by atoms with Gasteiger partial charge in [-0.05, 0) is 36.8 Å². The maximum absolute atomic E-state index is 13.3. The quantitative estimate of drug-likeness (QED) is 0.879. The first-order valence-electron chi connectivity index (χ1n) is 7.09. The van der Waals surface area contributed by atoms with Crippen LogP contribution in [0.25, 0.3) is 0 Å². The van der Waals surface area contributed by atoms with Crippen molar-refractivity contribution >= 4 is 5.91 Å². The van der Waals surface area contributed by atoms with Crippen molar-refractivity contribution in [2.45, 2.75) is 19.4 Å². The van der Waals surface area contributed by atoms with E-state index >= 15 is 0 Å². The van der Waals surface area contributed by atoms with Crippen LogP contribution >= 0.6 is 0 Å². The molecule has 0 aromatic heterocycles. The second kappa shape index (κ2) is 7.67. The van der Waals surface area contributed by atoms with Crippen LogP contribution in [0.1, 0.15) is 24.9 Å². The third-order valence-electron chi connectivity index (χ3n) is 3.24. The second-order valence-corrected chi connectivity index (χ2v) is 4.99. The Kier molecular flexibility index (Phi) is 5.62. The maximum Gasteiger partial charge on any atom is 0.223 e. The Morgan fingerprint density at radius 3 is 2.52 bits per heavy atom. The van der Waals surface area contributed by atoms with E-state index in [1.54, 1.807) is 19.1 Å². The van der Waals surface area contributed by atoms with E-state index in [2.05, 4.69) is 5.32 Å². The van der Waals surface area contributed by atoms with E-state index in [9.17, 15) is 18.0 Å². The van der Waals surface area contributed by atoms with Crippen molar-refractivity contribution in [2.75, 3.05) is 6.61 Å². The highest BCUT2D eigenvalue weighted by molar-refractivity contribution is 5.76. The molecule has 0 heterocycles. The summed E-state index contributed by atoms with van der Waals surface area (Å²) in [5, 5.41) is 2.64. The number of rotatable bonds is 6. The molecule has 1 amide bonds. The van der Waals surface area contributed by atoms with Gasteiger partial charge in [0.15, 0.2) is 23.2 Å². The summed E-state index contributed by atoms with van der Waals surface area (Å²) in [7, 11) is 0. The summed E-state index contributed by atoms with van der Waals surface area (Å²) in [5.41, 5.74) is 0.451. The first kappa shape index (κ1) is 16.9. The molecule has 1 atom stereocenters. The van der Waals surface area contributed by atoms with Crippen LogP contribution in [-0.4, -0.2) is 12.5 Å². The molecule has 0 radical (unpaired) electrons. The largest absolute Gasteiger partial charge is 0.490 e. The number of carbonyl (C=O) groups excluding carboxylic acids is 1. The standard InChI is InChI=1S/C17H16F3NO2/c1-11(12-6-7-13(18)15(20)10-12)21-17(22)8-9-23-16-5-3-2-4-14(16)19/h2-7,10-11H,8-9H2,1H3,(H,21,22). The number of halogens is 3. The van der Waals surface area contributed by atoms with Gasteiger partial charge in [-0.1, -0.05) is 18.2 Å². The number of carbonyl (C=O) groups is 1. The van der Waals surface area contributed by atoms with Gasteiger partial charge in [0.2, 0.25) is 5.91 Å². The van der Waals surface area contributed by atoms with Crippen LogP contribution in [0.15, 0.2) is 42.5 Å². The molecule has 122 valence electrons. The predicted octanol–water partition coefficient (Wildman–Crippen LogP) is 3.75. The van der Waals surface area contributed by atoms with Gasteiger partial charge in [0, 0.05) is 0 Å². The summed E-state index contributed by atoms with van der Waals surface area (Å²) >= 11 is 0. The summed E-state index contributed by atoms with van der Waals surface area (Å²) < 4.78 is 44.5. The molecule has 0 bridgehead atoms. The van der Waals surface area contributed by atoms with Crippen molar-refractivity contribution in [3.05, 3.63) is 65.5 Å². The molecule has 0 saturated carbocycles. The van der Waals surface area contributed by atoms with E-state index in [-0.39, 0.29) is 24.7 Å². The molecule has 2 rings (SSSR count). The highest BCUT2D eigenvalue weighted by Crippen LogP contribution is 2.17. The van der Waals surface area contributed by atoms with Crippen molar-refractivity contribution in [1.29, 1.82) is 0 Å². The van der Waals surface area contributed by atoms with E-state index in [4.69, 9.17) is 4.74 Å². The minimum Gasteiger partial charge on any atom is -0.490 e. The van der Waals surface area contributed by atoms with E-state index in [0.717, 1.165) is 12.1 Å². The monoisotopic (exact) mass is 323 g/mol. The number of amides is 1. The summed E-state index contributed by atoms with van der Waals surface area (Å²) in [5.74, 6) is -2.66. The number of hydrogen-bond acceptors (Lipinski definition) is 2. The van der Waals surface area contributed by atoms with Crippen LogP contribution in [0.5, 0.6) is 5.75 Å². The molecule has 1 unspecified atom stereocenters. The fraction of sp³-hybridized carbons (Fsp3) is 0.235. The summed E-state index contributed by atoms with van der Waals surface area (Å²) in [6.07, 6.45) is 0.0162. The van der Waals surface area contributed by atoms with Crippen molar-refractivity contribution in [1.82, 2.24) is 5.32 Å². The Morgan fingerprint density at radius 1 is 1.09 bits per heavy atom. The molecular weight excluding hydrogens is 307 g/mol. The third kappa shape index (κ3) is 4.74. The molecule has 6 heteroatoms. The Labute approximate surface area is 132 Å². The van der Waals surface area contributed by atoms with Crippen molar-refractivity contribution in [2.24, 2.45) is 0 Å². The van der Waals surface area contributed by atoms with E-state index in [0.29, 0.717) is 5.56 Å². The van der Waals surface area contributed by atoms with E-state index in [1.807, 2.05) is 0 Å². The number of nitrogens with one attached hydrogen (secondary N) is 1. The molecule has 23 heavy (non-hydrogen) atoms. The molecular formula is C17H16F3NO2. The summed E-state index contributed by atoms with van der Waals surface area (Å²) in [4.78, 5) is 11.8. The van der Waals surface area contributed by atoms with E-state index < -0.39 is 23.5 Å². The minimum absolute atomic E-state index is 0.0112. The first-order chi connectivity index (χ1) is 11.0. The SMILES string of the molecule is CC(NC(=O)CCOc1ccccc1F)c1ccc(F)c(F)c1. The molecule has 1 N–H and O–H groups in total. The Bertz CT molecular complexity index is 691. The number of para-hydroxylation sites is 1. The van der Waals surface area contributed by atoms with Gasteiger partial charge < -0.3 is 10.1 Å². The van der Waals surface area contributed by atoms with Gasteiger partial charge in [-0.3, -0.25) is 4.79 Å². The lowest BCUT2D eigenvalue weighted by molar-refractivity contribution is -0.122. The molecule has 3 nitrogen and oxygen atoms in total. The molecule has 0 aliphatic rings. The van der Waals surface area contributed by atoms with Crippen LogP contribution < -0.4 is 10.1 Å². The minimum atomic E-state index is -0.966. The molecule has 2 aromatic carbocycles.